The van der Waals surface area contributed by atoms with Crippen molar-refractivity contribution < 1.29 is 4.79 Å². The van der Waals surface area contributed by atoms with Gasteiger partial charge in [-0.15, -0.1) is 11.3 Å². The number of nitrogens with one attached hydrogen (secondary N) is 1. The fraction of sp³-hybridized carbons (Fsp3) is 0.231. The van der Waals surface area contributed by atoms with Crippen molar-refractivity contribution in [1.82, 2.24) is 10.3 Å². The second kappa shape index (κ2) is 5.63. The van der Waals surface area contributed by atoms with E-state index >= 15 is 0 Å². The van der Waals surface area contributed by atoms with Crippen LogP contribution >= 0.6 is 27.3 Å². The van der Waals surface area contributed by atoms with E-state index in [2.05, 4.69) is 26.2 Å². The molecule has 0 atom stereocenters. The molecule has 0 aliphatic rings. The van der Waals surface area contributed by atoms with Gasteiger partial charge in [0.25, 0.3) is 5.91 Å². The summed E-state index contributed by atoms with van der Waals surface area (Å²) in [5, 5.41) is 5.84. The van der Waals surface area contributed by atoms with Crippen LogP contribution in [-0.4, -0.2) is 10.9 Å². The molecule has 0 unspecified atom stereocenters. The predicted molar refractivity (Wildman–Crippen MR) is 76.9 cm³/mol. The van der Waals surface area contributed by atoms with E-state index in [9.17, 15) is 4.79 Å². The Morgan fingerprint density at radius 2 is 2.22 bits per heavy atom. The zero-order chi connectivity index (χ0) is 13.1. The second-order valence-electron chi connectivity index (χ2n) is 3.98. The van der Waals surface area contributed by atoms with E-state index in [1.54, 1.807) is 17.4 Å². The van der Waals surface area contributed by atoms with Gasteiger partial charge in [0.15, 0.2) is 0 Å². The number of carbonyl (C=O) groups excluding carboxylic acids is 1. The Hall–Kier alpha value is -1.20. The van der Waals surface area contributed by atoms with E-state index in [0.717, 1.165) is 20.7 Å². The van der Waals surface area contributed by atoms with Crippen molar-refractivity contribution in [3.05, 3.63) is 49.9 Å². The summed E-state index contributed by atoms with van der Waals surface area (Å²) in [6.45, 7) is 4.38. The Labute approximate surface area is 118 Å². The highest BCUT2D eigenvalue weighted by Crippen LogP contribution is 2.21. The van der Waals surface area contributed by atoms with Crippen LogP contribution in [0.3, 0.4) is 0 Å². The van der Waals surface area contributed by atoms with Gasteiger partial charge >= 0.3 is 0 Å². The van der Waals surface area contributed by atoms with Gasteiger partial charge in [-0.3, -0.25) is 4.79 Å². The molecule has 0 saturated heterocycles. The molecule has 1 aromatic carbocycles. The average Bonchev–Trinajstić information content (AvgIpc) is 2.76. The van der Waals surface area contributed by atoms with Crippen LogP contribution in [0.4, 0.5) is 0 Å². The third-order valence-corrected chi connectivity index (χ3v) is 4.41. The van der Waals surface area contributed by atoms with Crippen LogP contribution in [0.15, 0.2) is 28.1 Å². The number of benzene rings is 1. The molecule has 0 aliphatic heterocycles. The van der Waals surface area contributed by atoms with Crippen molar-refractivity contribution in [1.29, 1.82) is 0 Å². The van der Waals surface area contributed by atoms with Crippen LogP contribution in [0.1, 0.15) is 26.6 Å². The molecule has 0 aliphatic carbocycles. The third kappa shape index (κ3) is 2.97. The highest BCUT2D eigenvalue weighted by molar-refractivity contribution is 9.10. The summed E-state index contributed by atoms with van der Waals surface area (Å²) in [6.07, 6.45) is 0. The lowest BCUT2D eigenvalue weighted by Gasteiger charge is -2.07. The van der Waals surface area contributed by atoms with Crippen LogP contribution in [0.25, 0.3) is 0 Å². The molecule has 94 valence electrons. The number of hydrogen-bond acceptors (Lipinski definition) is 3. The number of hydrogen-bond donors (Lipinski definition) is 1. The zero-order valence-electron chi connectivity index (χ0n) is 10.2. The molecule has 18 heavy (non-hydrogen) atoms. The van der Waals surface area contributed by atoms with Crippen molar-refractivity contribution in [2.75, 3.05) is 0 Å². The van der Waals surface area contributed by atoms with Crippen LogP contribution in [-0.2, 0) is 6.54 Å². The molecule has 0 bridgehead atoms. The minimum absolute atomic E-state index is 0.0868. The molecule has 3 nitrogen and oxygen atoms in total. The van der Waals surface area contributed by atoms with Gasteiger partial charge in [0.05, 0.1) is 22.8 Å². The van der Waals surface area contributed by atoms with E-state index in [1.165, 1.54) is 0 Å². The van der Waals surface area contributed by atoms with E-state index in [1.807, 2.05) is 31.4 Å². The molecule has 1 aromatic heterocycles. The van der Waals surface area contributed by atoms with Crippen LogP contribution < -0.4 is 5.32 Å². The topological polar surface area (TPSA) is 42.0 Å². The number of rotatable bonds is 3. The van der Waals surface area contributed by atoms with Crippen molar-refractivity contribution in [2.45, 2.75) is 20.4 Å². The first-order valence-electron chi connectivity index (χ1n) is 5.52. The van der Waals surface area contributed by atoms with Gasteiger partial charge in [0.2, 0.25) is 0 Å². The van der Waals surface area contributed by atoms with Gasteiger partial charge < -0.3 is 5.32 Å². The van der Waals surface area contributed by atoms with Crippen molar-refractivity contribution in [2.24, 2.45) is 0 Å². The predicted octanol–water partition coefficient (Wildman–Crippen LogP) is 3.45. The number of nitrogens with zero attached hydrogens (tertiary/aromatic N) is 1. The Balaban J connectivity index is 2.06. The Kier molecular flexibility index (Phi) is 4.14. The third-order valence-electron chi connectivity index (χ3n) is 2.53. The molecule has 2 rings (SSSR count). The van der Waals surface area contributed by atoms with Gasteiger partial charge in [-0.25, -0.2) is 4.98 Å². The minimum atomic E-state index is -0.0868. The summed E-state index contributed by atoms with van der Waals surface area (Å²) in [7, 11) is 0. The first-order valence-corrected chi connectivity index (χ1v) is 7.19. The molecule has 0 spiro atoms. The van der Waals surface area contributed by atoms with Gasteiger partial charge in [-0.2, -0.15) is 0 Å². The fourth-order valence-corrected chi connectivity index (χ4v) is 2.64. The summed E-state index contributed by atoms with van der Waals surface area (Å²) >= 11 is 5.02. The van der Waals surface area contributed by atoms with Crippen molar-refractivity contribution in [3.63, 3.8) is 0 Å². The quantitative estimate of drug-likeness (QED) is 0.939. The summed E-state index contributed by atoms with van der Waals surface area (Å²) < 4.78 is 0.844. The summed E-state index contributed by atoms with van der Waals surface area (Å²) in [5.74, 6) is -0.0868. The van der Waals surface area contributed by atoms with Gasteiger partial charge in [0, 0.05) is 9.85 Å². The van der Waals surface area contributed by atoms with E-state index in [-0.39, 0.29) is 5.91 Å². The van der Waals surface area contributed by atoms with Crippen LogP contribution in [0.2, 0.25) is 0 Å². The lowest BCUT2D eigenvalue weighted by atomic mass is 10.1. The molecular formula is C13H13BrN2OS. The Morgan fingerprint density at radius 3 is 2.89 bits per heavy atom. The molecular weight excluding hydrogens is 312 g/mol. The van der Waals surface area contributed by atoms with Gasteiger partial charge in [-0.05, 0) is 41.4 Å². The maximum Gasteiger partial charge on any atom is 0.252 e. The van der Waals surface area contributed by atoms with Crippen molar-refractivity contribution >= 4 is 33.2 Å². The van der Waals surface area contributed by atoms with Gasteiger partial charge in [-0.1, -0.05) is 12.1 Å². The number of aryl methyl sites for hydroxylation is 2. The Bertz CT molecular complexity index is 580. The maximum absolute atomic E-state index is 12.0. The molecule has 0 radical (unpaired) electrons. The molecule has 2 aromatic rings. The Morgan fingerprint density at radius 1 is 1.44 bits per heavy atom. The highest BCUT2D eigenvalue weighted by Gasteiger charge is 2.11. The molecule has 1 amide bonds. The standard InChI is InChI=1S/C13H13BrN2OS/c1-8-4-3-5-11(12(8)14)13(17)15-6-10-7-18-9(2)16-10/h3-5,7H,6H2,1-2H3,(H,15,17). The largest absolute Gasteiger partial charge is 0.346 e. The number of thiazole rings is 1. The molecule has 5 heteroatoms. The molecule has 1 heterocycles. The van der Waals surface area contributed by atoms with Crippen LogP contribution in [0.5, 0.6) is 0 Å². The highest BCUT2D eigenvalue weighted by atomic mass is 79.9. The molecule has 0 saturated carbocycles. The lowest BCUT2D eigenvalue weighted by molar-refractivity contribution is 0.0949. The summed E-state index contributed by atoms with van der Waals surface area (Å²) in [6, 6.07) is 5.64. The number of amides is 1. The summed E-state index contributed by atoms with van der Waals surface area (Å²) in [5.41, 5.74) is 2.60. The van der Waals surface area contributed by atoms with Gasteiger partial charge in [0.1, 0.15) is 0 Å². The smallest absolute Gasteiger partial charge is 0.252 e. The SMILES string of the molecule is Cc1nc(CNC(=O)c2cccc(C)c2Br)cs1. The monoisotopic (exact) mass is 324 g/mol. The molecule has 0 fully saturated rings. The fourth-order valence-electron chi connectivity index (χ4n) is 1.58. The zero-order valence-corrected chi connectivity index (χ0v) is 12.6. The molecule has 1 N–H and O–H groups in total. The van der Waals surface area contributed by atoms with E-state index in [4.69, 9.17) is 0 Å². The van der Waals surface area contributed by atoms with Crippen LogP contribution in [0, 0.1) is 13.8 Å². The first kappa shape index (κ1) is 13.2. The van der Waals surface area contributed by atoms with E-state index in [0.29, 0.717) is 12.1 Å². The lowest BCUT2D eigenvalue weighted by Crippen LogP contribution is -2.23. The normalized spacial score (nSPS) is 10.4. The minimum Gasteiger partial charge on any atom is -0.346 e. The first-order chi connectivity index (χ1) is 8.58. The summed E-state index contributed by atoms with van der Waals surface area (Å²) in [4.78, 5) is 16.3. The maximum atomic E-state index is 12.0. The second-order valence-corrected chi connectivity index (χ2v) is 5.83. The van der Waals surface area contributed by atoms with Crippen molar-refractivity contribution in [3.8, 4) is 0 Å². The number of carbonyl (C=O) groups is 1. The average molecular weight is 325 g/mol. The number of aromatic nitrogens is 1. The number of halogens is 1. The van der Waals surface area contributed by atoms with E-state index < -0.39 is 0 Å².